The second-order valence-electron chi connectivity index (χ2n) is 4.39. The molecule has 0 N–H and O–H groups in total. The van der Waals surface area contributed by atoms with Gasteiger partial charge in [0.2, 0.25) is 0 Å². The first-order valence-corrected chi connectivity index (χ1v) is 5.52. The molecule has 1 heterocycles. The van der Waals surface area contributed by atoms with Gasteiger partial charge in [0.1, 0.15) is 0 Å². The van der Waals surface area contributed by atoms with Gasteiger partial charge in [-0.1, -0.05) is 25.0 Å². The summed E-state index contributed by atoms with van der Waals surface area (Å²) < 4.78 is 4.72. The van der Waals surface area contributed by atoms with Crippen LogP contribution in [0.25, 0.3) is 0 Å². The minimum absolute atomic E-state index is 0.0890. The molecule has 0 bridgehead atoms. The molecule has 0 aromatic heterocycles. The van der Waals surface area contributed by atoms with E-state index in [1.807, 2.05) is 13.0 Å². The lowest BCUT2D eigenvalue weighted by atomic mass is 9.68. The van der Waals surface area contributed by atoms with E-state index in [1.165, 1.54) is 0 Å². The molecule has 2 rings (SSSR count). The van der Waals surface area contributed by atoms with Crippen molar-refractivity contribution in [3.05, 3.63) is 12.2 Å². The second-order valence-corrected chi connectivity index (χ2v) is 4.39. The second kappa shape index (κ2) is 3.79. The van der Waals surface area contributed by atoms with Crippen molar-refractivity contribution in [1.82, 2.24) is 0 Å². The minimum Gasteiger partial charge on any atom is -0.392 e. The molecule has 1 aliphatic heterocycles. The number of hydrogen-bond acceptors (Lipinski definition) is 3. The minimum atomic E-state index is -0.803. The molecule has 3 atom stereocenters. The molecule has 0 radical (unpaired) electrons. The quantitative estimate of drug-likeness (QED) is 0.269. The number of ether oxygens (including phenoxy) is 1. The van der Waals surface area contributed by atoms with Crippen molar-refractivity contribution < 1.29 is 14.3 Å². The number of rotatable bonds is 0. The third kappa shape index (κ3) is 1.46. The Bertz CT molecular complexity index is 424. The van der Waals surface area contributed by atoms with E-state index in [-0.39, 0.29) is 5.92 Å². The van der Waals surface area contributed by atoms with Gasteiger partial charge in [0, 0.05) is 12.3 Å². The highest BCUT2D eigenvalue weighted by Gasteiger charge is 2.56. The predicted molar refractivity (Wildman–Crippen MR) is 58.0 cm³/mol. The number of esters is 2. The Hall–Kier alpha value is -1.56. The van der Waals surface area contributed by atoms with Crippen LogP contribution in [0.15, 0.2) is 12.2 Å². The summed E-state index contributed by atoms with van der Waals surface area (Å²) in [6.07, 6.45) is 5.18. The number of cyclic esters (lactones) is 2. The maximum absolute atomic E-state index is 11.7. The Morgan fingerprint density at radius 1 is 1.56 bits per heavy atom. The van der Waals surface area contributed by atoms with Gasteiger partial charge in [-0.3, -0.25) is 9.59 Å². The van der Waals surface area contributed by atoms with Gasteiger partial charge in [-0.2, -0.15) is 0 Å². The molecule has 1 fully saturated rings. The van der Waals surface area contributed by atoms with Crippen LogP contribution in [0.5, 0.6) is 0 Å². The van der Waals surface area contributed by atoms with Crippen molar-refractivity contribution in [2.45, 2.75) is 26.7 Å². The van der Waals surface area contributed by atoms with Crippen molar-refractivity contribution in [3.63, 3.8) is 0 Å². The zero-order chi connectivity index (χ0) is 11.8. The summed E-state index contributed by atoms with van der Waals surface area (Å²) in [6.45, 7) is 3.71. The Kier molecular flexibility index (Phi) is 2.59. The van der Waals surface area contributed by atoms with Crippen LogP contribution in [0, 0.1) is 29.1 Å². The van der Waals surface area contributed by atoms with Gasteiger partial charge in [-0.05, 0) is 13.3 Å². The van der Waals surface area contributed by atoms with Crippen molar-refractivity contribution >= 4 is 11.9 Å². The van der Waals surface area contributed by atoms with Gasteiger partial charge >= 0.3 is 11.9 Å². The lowest BCUT2D eigenvalue weighted by Gasteiger charge is -2.29. The van der Waals surface area contributed by atoms with Gasteiger partial charge in [-0.25, -0.2) is 0 Å². The van der Waals surface area contributed by atoms with E-state index in [1.54, 1.807) is 13.0 Å². The largest absolute Gasteiger partial charge is 0.392 e. The average molecular weight is 218 g/mol. The summed E-state index contributed by atoms with van der Waals surface area (Å²) in [5, 5.41) is 0. The van der Waals surface area contributed by atoms with Crippen LogP contribution in [-0.4, -0.2) is 11.9 Å². The Labute approximate surface area is 94.9 Å². The zero-order valence-corrected chi connectivity index (χ0v) is 9.45. The number of hydrogen-bond donors (Lipinski definition) is 0. The van der Waals surface area contributed by atoms with Crippen LogP contribution >= 0.6 is 0 Å². The first-order valence-electron chi connectivity index (χ1n) is 5.52. The van der Waals surface area contributed by atoms with Crippen LogP contribution in [0.2, 0.25) is 0 Å². The van der Waals surface area contributed by atoms with Crippen molar-refractivity contribution in [1.29, 1.82) is 0 Å². The lowest BCUT2D eigenvalue weighted by Crippen LogP contribution is -2.36. The molecule has 1 saturated heterocycles. The Balaban J connectivity index is 2.38. The van der Waals surface area contributed by atoms with Crippen LogP contribution in [0.4, 0.5) is 0 Å². The topological polar surface area (TPSA) is 43.4 Å². The van der Waals surface area contributed by atoms with E-state index in [4.69, 9.17) is 4.74 Å². The van der Waals surface area contributed by atoms with E-state index in [2.05, 4.69) is 11.8 Å². The molecule has 16 heavy (non-hydrogen) atoms. The van der Waals surface area contributed by atoms with E-state index in [9.17, 15) is 9.59 Å². The van der Waals surface area contributed by atoms with E-state index < -0.39 is 23.3 Å². The summed E-state index contributed by atoms with van der Waals surface area (Å²) in [6, 6.07) is 0. The van der Waals surface area contributed by atoms with Crippen molar-refractivity contribution in [3.8, 4) is 11.8 Å². The maximum atomic E-state index is 11.7. The molecule has 0 aromatic carbocycles. The number of fused-ring (bicyclic) bond motifs is 1. The van der Waals surface area contributed by atoms with Crippen LogP contribution in [0.1, 0.15) is 26.7 Å². The molecular weight excluding hydrogens is 204 g/mol. The van der Waals surface area contributed by atoms with Gasteiger partial charge in [0.05, 0.1) is 11.3 Å². The maximum Gasteiger partial charge on any atom is 0.324 e. The Morgan fingerprint density at radius 2 is 2.31 bits per heavy atom. The molecule has 1 aliphatic carbocycles. The van der Waals surface area contributed by atoms with Crippen LogP contribution < -0.4 is 0 Å². The number of carbonyl (C=O) groups excluding carboxylic acids is 2. The highest BCUT2D eigenvalue weighted by Crippen LogP contribution is 2.45. The molecule has 3 heteroatoms. The molecule has 2 aliphatic rings. The Morgan fingerprint density at radius 3 is 3.00 bits per heavy atom. The van der Waals surface area contributed by atoms with Gasteiger partial charge < -0.3 is 4.74 Å². The third-order valence-electron chi connectivity index (χ3n) is 3.25. The van der Waals surface area contributed by atoms with Gasteiger partial charge in [0.15, 0.2) is 0 Å². The molecule has 0 spiro atoms. The van der Waals surface area contributed by atoms with E-state index >= 15 is 0 Å². The molecule has 3 nitrogen and oxygen atoms in total. The fourth-order valence-electron chi connectivity index (χ4n) is 2.36. The van der Waals surface area contributed by atoms with Gasteiger partial charge in [0.25, 0.3) is 0 Å². The van der Waals surface area contributed by atoms with Crippen molar-refractivity contribution in [2.75, 3.05) is 0 Å². The van der Waals surface area contributed by atoms with E-state index in [0.717, 1.165) is 12.8 Å². The fourth-order valence-corrected chi connectivity index (χ4v) is 2.36. The predicted octanol–water partition coefficient (Wildman–Crippen LogP) is 1.68. The first-order chi connectivity index (χ1) is 7.59. The summed E-state index contributed by atoms with van der Waals surface area (Å²) in [5.41, 5.74) is -0.803. The highest BCUT2D eigenvalue weighted by molar-refractivity contribution is 6.00. The standard InChI is InChI=1S/C13H14O3/c1-3-4-6-9-7-5-8-13(2)10(9)11(14)16-12(13)15/h5,8-10H,3,7H2,1-2H3. The van der Waals surface area contributed by atoms with Crippen LogP contribution in [-0.2, 0) is 14.3 Å². The van der Waals surface area contributed by atoms with Gasteiger partial charge in [-0.15, -0.1) is 5.92 Å². The third-order valence-corrected chi connectivity index (χ3v) is 3.25. The fraction of sp³-hybridized carbons (Fsp3) is 0.538. The molecule has 0 aromatic rings. The smallest absolute Gasteiger partial charge is 0.324 e. The number of allylic oxidation sites excluding steroid dienone is 1. The zero-order valence-electron chi connectivity index (χ0n) is 9.45. The molecule has 0 saturated carbocycles. The highest BCUT2D eigenvalue weighted by atomic mass is 16.6. The summed E-state index contributed by atoms with van der Waals surface area (Å²) in [4.78, 5) is 23.3. The molecule has 3 unspecified atom stereocenters. The summed E-state index contributed by atoms with van der Waals surface area (Å²) >= 11 is 0. The summed E-state index contributed by atoms with van der Waals surface area (Å²) in [5.74, 6) is 4.66. The molecule has 84 valence electrons. The van der Waals surface area contributed by atoms with Crippen LogP contribution in [0.3, 0.4) is 0 Å². The molecule has 0 amide bonds. The van der Waals surface area contributed by atoms with E-state index in [0.29, 0.717) is 0 Å². The first kappa shape index (κ1) is 10.9. The van der Waals surface area contributed by atoms with Crippen molar-refractivity contribution in [2.24, 2.45) is 17.3 Å². The molecular formula is C13H14O3. The normalized spacial score (nSPS) is 36.4. The lowest BCUT2D eigenvalue weighted by molar-refractivity contribution is -0.154. The monoisotopic (exact) mass is 218 g/mol. The average Bonchev–Trinajstić information content (AvgIpc) is 2.47. The summed E-state index contributed by atoms with van der Waals surface area (Å²) in [7, 11) is 0. The SMILES string of the molecule is CCC#CC1CC=CC2(C)C(=O)OC(=O)C12. The number of carbonyl (C=O) groups is 2.